The topological polar surface area (TPSA) is 115 Å². The summed E-state index contributed by atoms with van der Waals surface area (Å²) < 4.78 is 58.4. The smallest absolute Gasteiger partial charge is 0.475 e. The second kappa shape index (κ2) is 6.89. The number of carboxylic acids is 1. The van der Waals surface area contributed by atoms with E-state index in [1.54, 1.807) is 23.7 Å². The highest BCUT2D eigenvalue weighted by atomic mass is 35.5. The van der Waals surface area contributed by atoms with Crippen LogP contribution in [0.5, 0.6) is 0 Å². The summed E-state index contributed by atoms with van der Waals surface area (Å²) in [5.74, 6) is -2.76. The summed E-state index contributed by atoms with van der Waals surface area (Å²) >= 11 is 5.94. The second-order valence-corrected chi connectivity index (χ2v) is 7.51. The molecule has 0 fully saturated rings. The number of aromatic nitrogens is 2. The third-order valence-corrected chi connectivity index (χ3v) is 5.69. The first-order valence-electron chi connectivity index (χ1n) is 7.03. The van der Waals surface area contributed by atoms with Crippen molar-refractivity contribution in [2.75, 3.05) is 6.54 Å². The molecule has 3 N–H and O–H groups in total. The van der Waals surface area contributed by atoms with Crippen molar-refractivity contribution in [2.45, 2.75) is 29.4 Å². The van der Waals surface area contributed by atoms with Crippen molar-refractivity contribution in [1.82, 2.24) is 9.78 Å². The van der Waals surface area contributed by atoms with Crippen molar-refractivity contribution in [3.63, 3.8) is 0 Å². The molecule has 1 aliphatic rings. The fourth-order valence-corrected chi connectivity index (χ4v) is 4.38. The summed E-state index contributed by atoms with van der Waals surface area (Å²) in [6.07, 6.45) is -5.08. The molecule has 0 bridgehead atoms. The molecule has 142 valence electrons. The van der Waals surface area contributed by atoms with Crippen LogP contribution in [-0.2, 0) is 21.2 Å². The van der Waals surface area contributed by atoms with Gasteiger partial charge >= 0.3 is 12.1 Å². The van der Waals surface area contributed by atoms with Gasteiger partial charge in [0.05, 0.1) is 17.1 Å². The highest BCUT2D eigenvalue weighted by Crippen LogP contribution is 2.44. The van der Waals surface area contributed by atoms with E-state index in [0.717, 1.165) is 0 Å². The Balaban J connectivity index is 0.000000298. The highest BCUT2D eigenvalue weighted by molar-refractivity contribution is 7.92. The summed E-state index contributed by atoms with van der Waals surface area (Å²) in [4.78, 5) is 9.45. The number of alkyl halides is 3. The van der Waals surface area contributed by atoms with Gasteiger partial charge in [0.1, 0.15) is 10.6 Å². The quantitative estimate of drug-likeness (QED) is 0.668. The molecule has 0 saturated carbocycles. The predicted octanol–water partition coefficient (Wildman–Crippen LogP) is 2.25. The third kappa shape index (κ3) is 3.55. The number of benzene rings is 1. The lowest BCUT2D eigenvalue weighted by Crippen LogP contribution is -2.21. The van der Waals surface area contributed by atoms with Crippen LogP contribution in [0.1, 0.15) is 5.69 Å². The second-order valence-electron chi connectivity index (χ2n) is 5.22. The van der Waals surface area contributed by atoms with Gasteiger partial charge in [-0.3, -0.25) is 4.68 Å². The van der Waals surface area contributed by atoms with Gasteiger partial charge in [0.2, 0.25) is 9.84 Å². The molecule has 0 atom stereocenters. The number of nitrogens with two attached hydrogens (primary N) is 1. The molecule has 2 aromatic rings. The molecular formula is C14H13ClF3N3O4S. The van der Waals surface area contributed by atoms with Crippen molar-refractivity contribution in [2.24, 2.45) is 5.73 Å². The van der Waals surface area contributed by atoms with Crippen LogP contribution >= 0.6 is 11.6 Å². The van der Waals surface area contributed by atoms with Gasteiger partial charge in [-0.1, -0.05) is 11.6 Å². The number of sulfone groups is 1. The van der Waals surface area contributed by atoms with Crippen LogP contribution in [0, 0.1) is 6.92 Å². The Bertz CT molecular complexity index is 971. The first-order valence-corrected chi connectivity index (χ1v) is 8.90. The molecule has 0 unspecified atom stereocenters. The number of carbonyl (C=O) groups is 1. The fourth-order valence-electron chi connectivity index (χ4n) is 2.40. The van der Waals surface area contributed by atoms with Gasteiger partial charge < -0.3 is 10.8 Å². The Morgan fingerprint density at radius 1 is 1.38 bits per heavy atom. The number of hydrogen-bond acceptors (Lipinski definition) is 5. The Labute approximate surface area is 151 Å². The number of hydrogen-bond donors (Lipinski definition) is 2. The summed E-state index contributed by atoms with van der Waals surface area (Å²) in [5.41, 5.74) is 7.17. The zero-order chi connectivity index (χ0) is 19.9. The molecule has 7 nitrogen and oxygen atoms in total. The van der Waals surface area contributed by atoms with Crippen molar-refractivity contribution in [3.8, 4) is 11.3 Å². The van der Waals surface area contributed by atoms with Gasteiger partial charge in [0, 0.05) is 17.1 Å². The van der Waals surface area contributed by atoms with E-state index in [9.17, 15) is 21.6 Å². The number of fused-ring (bicyclic) bond motifs is 3. The van der Waals surface area contributed by atoms with E-state index in [-0.39, 0.29) is 9.79 Å². The molecule has 0 saturated heterocycles. The van der Waals surface area contributed by atoms with E-state index in [1.807, 2.05) is 0 Å². The van der Waals surface area contributed by atoms with Crippen LogP contribution in [0.2, 0.25) is 5.02 Å². The van der Waals surface area contributed by atoms with Gasteiger partial charge in [0.25, 0.3) is 0 Å². The molecule has 26 heavy (non-hydrogen) atoms. The number of nitrogens with zero attached hydrogens (tertiary/aromatic N) is 2. The fraction of sp³-hybridized carbons (Fsp3) is 0.286. The normalized spacial score (nSPS) is 14.2. The third-order valence-electron chi connectivity index (χ3n) is 3.49. The van der Waals surface area contributed by atoms with E-state index in [2.05, 4.69) is 5.10 Å². The summed E-state index contributed by atoms with van der Waals surface area (Å²) in [5, 5.41) is 12.0. The molecular weight excluding hydrogens is 399 g/mol. The standard InChI is InChI=1S/C12H12ClN3O2S.C2HF3O2/c1-7-12-11(15-16(7)5-4-14)9-6-8(13)2-3-10(9)19(12,17)18;3-2(4,5)1(6)7/h2-3,6H,4-5,14H2,1H3;(H,6,7). The van der Waals surface area contributed by atoms with E-state index in [1.165, 1.54) is 6.07 Å². The monoisotopic (exact) mass is 411 g/mol. The molecule has 1 aromatic heterocycles. The van der Waals surface area contributed by atoms with Crippen molar-refractivity contribution >= 4 is 27.4 Å². The van der Waals surface area contributed by atoms with E-state index in [0.29, 0.717) is 35.1 Å². The van der Waals surface area contributed by atoms with Crippen LogP contribution < -0.4 is 5.73 Å². The zero-order valence-electron chi connectivity index (χ0n) is 13.2. The molecule has 12 heteroatoms. The molecule has 0 spiro atoms. The Morgan fingerprint density at radius 2 is 1.96 bits per heavy atom. The van der Waals surface area contributed by atoms with E-state index in [4.69, 9.17) is 27.2 Å². The molecule has 1 aromatic carbocycles. The van der Waals surface area contributed by atoms with E-state index >= 15 is 0 Å². The van der Waals surface area contributed by atoms with Crippen LogP contribution in [0.4, 0.5) is 13.2 Å². The summed E-state index contributed by atoms with van der Waals surface area (Å²) in [6.45, 7) is 2.64. The van der Waals surface area contributed by atoms with Gasteiger partial charge in [-0.05, 0) is 25.1 Å². The lowest BCUT2D eigenvalue weighted by Gasteiger charge is -2.05. The average Bonchev–Trinajstić information content (AvgIpc) is 2.94. The van der Waals surface area contributed by atoms with Crippen LogP contribution in [0.15, 0.2) is 28.0 Å². The SMILES string of the molecule is Cc1c2c(nn1CCN)-c1cc(Cl)ccc1S2(=O)=O.O=C(O)C(F)(F)F. The number of aliphatic carboxylic acids is 1. The molecule has 0 aliphatic carbocycles. The minimum atomic E-state index is -5.08. The highest BCUT2D eigenvalue weighted by Gasteiger charge is 2.39. The Kier molecular flexibility index (Phi) is 5.36. The van der Waals surface area contributed by atoms with E-state index < -0.39 is 22.0 Å². The summed E-state index contributed by atoms with van der Waals surface area (Å²) in [7, 11) is -3.49. The van der Waals surface area contributed by atoms with Crippen molar-refractivity contribution in [3.05, 3.63) is 28.9 Å². The molecule has 3 rings (SSSR count). The molecule has 0 radical (unpaired) electrons. The minimum Gasteiger partial charge on any atom is -0.475 e. The predicted molar refractivity (Wildman–Crippen MR) is 85.6 cm³/mol. The van der Waals surface area contributed by atoms with Crippen molar-refractivity contribution < 1.29 is 31.5 Å². The molecule has 2 heterocycles. The first kappa shape index (κ1) is 20.2. The lowest BCUT2D eigenvalue weighted by atomic mass is 10.1. The zero-order valence-corrected chi connectivity index (χ0v) is 14.8. The number of carboxylic acid groups (broad SMARTS) is 1. The Morgan fingerprint density at radius 3 is 2.46 bits per heavy atom. The van der Waals surface area contributed by atoms with Gasteiger partial charge in [0.15, 0.2) is 0 Å². The van der Waals surface area contributed by atoms with Gasteiger partial charge in [-0.15, -0.1) is 0 Å². The van der Waals surface area contributed by atoms with Crippen LogP contribution in [0.3, 0.4) is 0 Å². The van der Waals surface area contributed by atoms with Gasteiger partial charge in [-0.25, -0.2) is 13.2 Å². The van der Waals surface area contributed by atoms with Crippen molar-refractivity contribution in [1.29, 1.82) is 0 Å². The largest absolute Gasteiger partial charge is 0.490 e. The van der Waals surface area contributed by atoms with Crippen LogP contribution in [0.25, 0.3) is 11.3 Å². The van der Waals surface area contributed by atoms with Gasteiger partial charge in [-0.2, -0.15) is 18.3 Å². The van der Waals surface area contributed by atoms with Crippen LogP contribution in [-0.4, -0.2) is 42.0 Å². The average molecular weight is 412 g/mol. The molecule has 1 aliphatic heterocycles. The maximum Gasteiger partial charge on any atom is 0.490 e. The lowest BCUT2D eigenvalue weighted by molar-refractivity contribution is -0.192. The maximum atomic E-state index is 12.5. The summed E-state index contributed by atoms with van der Waals surface area (Å²) in [6, 6.07) is 4.74. The first-order chi connectivity index (χ1) is 11.9. The Hall–Kier alpha value is -2.11. The minimum absolute atomic E-state index is 0.275. The molecule has 0 amide bonds. The number of halogens is 4. The number of rotatable bonds is 2. The maximum absolute atomic E-state index is 12.5.